The van der Waals surface area contributed by atoms with Gasteiger partial charge in [-0.05, 0) is 54.7 Å². The third-order valence-corrected chi connectivity index (χ3v) is 4.24. The Morgan fingerprint density at radius 2 is 1.92 bits per heavy atom. The van der Waals surface area contributed by atoms with E-state index in [1.54, 1.807) is 0 Å². The molecule has 0 bridgehead atoms. The van der Waals surface area contributed by atoms with E-state index < -0.39 is 18.5 Å². The highest BCUT2D eigenvalue weighted by molar-refractivity contribution is 6.34. The fourth-order valence-corrected chi connectivity index (χ4v) is 2.94. The van der Waals surface area contributed by atoms with Crippen molar-refractivity contribution in [3.8, 4) is 0 Å². The van der Waals surface area contributed by atoms with Crippen LogP contribution in [0.2, 0.25) is 10.2 Å². The first-order valence-corrected chi connectivity index (χ1v) is 8.19. The van der Waals surface area contributed by atoms with Crippen LogP contribution in [0.5, 0.6) is 0 Å². The van der Waals surface area contributed by atoms with E-state index in [1.165, 1.54) is 23.3 Å². The van der Waals surface area contributed by atoms with Crippen molar-refractivity contribution >= 4 is 40.8 Å². The molecule has 0 radical (unpaired) electrons. The minimum Gasteiger partial charge on any atom is -0.451 e. The number of amides is 1. The number of anilines is 1. The molecule has 7 heteroatoms. The van der Waals surface area contributed by atoms with Crippen molar-refractivity contribution in [1.82, 2.24) is 4.98 Å². The van der Waals surface area contributed by atoms with Gasteiger partial charge in [-0.2, -0.15) is 0 Å². The molecule has 0 unspecified atom stereocenters. The molecule has 2 aromatic rings. The van der Waals surface area contributed by atoms with Gasteiger partial charge in [0.1, 0.15) is 5.15 Å². The smallest absolute Gasteiger partial charge is 0.359 e. The number of hydrogen-bond donors (Lipinski definition) is 1. The van der Waals surface area contributed by atoms with Crippen LogP contribution in [0.3, 0.4) is 0 Å². The Kier molecular flexibility index (Phi) is 5.02. The first kappa shape index (κ1) is 16.7. The van der Waals surface area contributed by atoms with Crippen LogP contribution in [0.15, 0.2) is 30.3 Å². The molecule has 0 saturated carbocycles. The zero-order valence-electron chi connectivity index (χ0n) is 12.6. The molecular formula is C17H14Cl2N2O3. The number of nitrogens with one attached hydrogen (secondary N) is 1. The van der Waals surface area contributed by atoms with Crippen LogP contribution in [0.4, 0.5) is 5.69 Å². The van der Waals surface area contributed by atoms with E-state index in [2.05, 4.69) is 10.3 Å². The van der Waals surface area contributed by atoms with Crippen molar-refractivity contribution in [2.24, 2.45) is 0 Å². The predicted octanol–water partition coefficient (Wildman–Crippen LogP) is 3.67. The maximum atomic E-state index is 11.9. The first-order chi connectivity index (χ1) is 11.5. The molecule has 1 N–H and O–H groups in total. The maximum Gasteiger partial charge on any atom is 0.359 e. The summed E-state index contributed by atoms with van der Waals surface area (Å²) >= 11 is 11.6. The van der Waals surface area contributed by atoms with Gasteiger partial charge in [-0.15, -0.1) is 0 Å². The summed E-state index contributed by atoms with van der Waals surface area (Å²) in [6.07, 6.45) is 3.24. The normalized spacial score (nSPS) is 12.6. The van der Waals surface area contributed by atoms with E-state index >= 15 is 0 Å². The summed E-state index contributed by atoms with van der Waals surface area (Å²) in [7, 11) is 0. The van der Waals surface area contributed by atoms with Gasteiger partial charge in [0.15, 0.2) is 12.3 Å². The number of rotatable bonds is 4. The molecule has 1 aromatic heterocycles. The average Bonchev–Trinajstić information content (AvgIpc) is 3.02. The fourth-order valence-electron chi connectivity index (χ4n) is 2.61. The van der Waals surface area contributed by atoms with Gasteiger partial charge < -0.3 is 10.1 Å². The molecule has 0 atom stereocenters. The molecule has 3 rings (SSSR count). The minimum atomic E-state index is -0.799. The zero-order valence-corrected chi connectivity index (χ0v) is 14.2. The molecule has 0 saturated heterocycles. The molecule has 0 aliphatic heterocycles. The topological polar surface area (TPSA) is 68.3 Å². The number of hydrogen-bond acceptors (Lipinski definition) is 4. The fraction of sp³-hybridized carbons (Fsp3) is 0.235. The SMILES string of the molecule is O=C(COC(=O)c1nc(Cl)ccc1Cl)Nc1ccc2c(c1)CCC2. The summed E-state index contributed by atoms with van der Waals surface area (Å²) in [6.45, 7) is -0.430. The molecule has 1 heterocycles. The summed E-state index contributed by atoms with van der Waals surface area (Å²) in [6, 6.07) is 8.72. The lowest BCUT2D eigenvalue weighted by Gasteiger charge is -2.08. The number of benzene rings is 1. The van der Waals surface area contributed by atoms with Crippen LogP contribution in [0.25, 0.3) is 0 Å². The van der Waals surface area contributed by atoms with Crippen LogP contribution < -0.4 is 5.32 Å². The number of carbonyl (C=O) groups excluding carboxylic acids is 2. The predicted molar refractivity (Wildman–Crippen MR) is 91.6 cm³/mol. The van der Waals surface area contributed by atoms with E-state index in [9.17, 15) is 9.59 Å². The number of aromatic nitrogens is 1. The largest absolute Gasteiger partial charge is 0.451 e. The molecule has 0 fully saturated rings. The van der Waals surface area contributed by atoms with Crippen molar-refractivity contribution in [2.75, 3.05) is 11.9 Å². The third-order valence-electron chi connectivity index (χ3n) is 3.72. The maximum absolute atomic E-state index is 11.9. The van der Waals surface area contributed by atoms with E-state index in [4.69, 9.17) is 27.9 Å². The van der Waals surface area contributed by atoms with Gasteiger partial charge in [-0.3, -0.25) is 4.79 Å². The Morgan fingerprint density at radius 3 is 2.75 bits per heavy atom. The number of aryl methyl sites for hydroxylation is 2. The van der Waals surface area contributed by atoms with Gasteiger partial charge in [-0.25, -0.2) is 9.78 Å². The van der Waals surface area contributed by atoms with Gasteiger partial charge in [0, 0.05) is 5.69 Å². The molecule has 24 heavy (non-hydrogen) atoms. The van der Waals surface area contributed by atoms with Gasteiger partial charge in [-0.1, -0.05) is 29.3 Å². The first-order valence-electron chi connectivity index (χ1n) is 7.44. The van der Waals surface area contributed by atoms with E-state index in [-0.39, 0.29) is 15.9 Å². The Bertz CT molecular complexity index is 808. The second-order valence-electron chi connectivity index (χ2n) is 5.43. The Morgan fingerprint density at radius 1 is 1.12 bits per heavy atom. The van der Waals surface area contributed by atoms with E-state index in [0.29, 0.717) is 5.69 Å². The summed E-state index contributed by atoms with van der Waals surface area (Å²) < 4.78 is 4.93. The molecule has 1 aliphatic carbocycles. The quantitative estimate of drug-likeness (QED) is 0.663. The number of carbonyl (C=O) groups is 2. The summed E-state index contributed by atoms with van der Waals surface area (Å²) in [5.74, 6) is -1.23. The molecule has 1 amide bonds. The standard InChI is InChI=1S/C17H14Cl2N2O3/c18-13-6-7-14(19)21-16(13)17(23)24-9-15(22)20-12-5-4-10-2-1-3-11(10)8-12/h4-8H,1-3,9H2,(H,20,22). The minimum absolute atomic E-state index is 0.114. The number of nitrogens with zero attached hydrogens (tertiary/aromatic N) is 1. The second kappa shape index (κ2) is 7.20. The van der Waals surface area contributed by atoms with Crippen molar-refractivity contribution < 1.29 is 14.3 Å². The monoisotopic (exact) mass is 364 g/mol. The number of fused-ring (bicyclic) bond motifs is 1. The highest BCUT2D eigenvalue weighted by Gasteiger charge is 2.17. The highest BCUT2D eigenvalue weighted by Crippen LogP contribution is 2.24. The van der Waals surface area contributed by atoms with Crippen LogP contribution in [0.1, 0.15) is 28.0 Å². The van der Waals surface area contributed by atoms with Crippen LogP contribution >= 0.6 is 23.2 Å². The summed E-state index contributed by atoms with van der Waals surface area (Å²) in [4.78, 5) is 27.7. The number of halogens is 2. The van der Waals surface area contributed by atoms with Crippen molar-refractivity contribution in [3.63, 3.8) is 0 Å². The highest BCUT2D eigenvalue weighted by atomic mass is 35.5. The summed E-state index contributed by atoms with van der Waals surface area (Å²) in [5, 5.41) is 2.94. The second-order valence-corrected chi connectivity index (χ2v) is 6.22. The average molecular weight is 365 g/mol. The zero-order chi connectivity index (χ0) is 17.1. The number of esters is 1. The number of ether oxygens (including phenoxy) is 1. The molecule has 1 aromatic carbocycles. The van der Waals surface area contributed by atoms with Crippen LogP contribution in [0, 0.1) is 0 Å². The Balaban J connectivity index is 1.57. The molecule has 1 aliphatic rings. The lowest BCUT2D eigenvalue weighted by molar-refractivity contribution is -0.119. The molecular weight excluding hydrogens is 351 g/mol. The van der Waals surface area contributed by atoms with Gasteiger partial charge in [0.2, 0.25) is 0 Å². The lowest BCUT2D eigenvalue weighted by atomic mass is 10.1. The summed E-state index contributed by atoms with van der Waals surface area (Å²) in [5.41, 5.74) is 3.14. The van der Waals surface area contributed by atoms with Crippen molar-refractivity contribution in [1.29, 1.82) is 0 Å². The van der Waals surface area contributed by atoms with E-state index in [0.717, 1.165) is 19.3 Å². The van der Waals surface area contributed by atoms with Gasteiger partial charge >= 0.3 is 5.97 Å². The van der Waals surface area contributed by atoms with Gasteiger partial charge in [0.25, 0.3) is 5.91 Å². The molecule has 124 valence electrons. The van der Waals surface area contributed by atoms with Crippen LogP contribution in [-0.2, 0) is 22.4 Å². The van der Waals surface area contributed by atoms with Crippen molar-refractivity contribution in [3.05, 3.63) is 57.3 Å². The van der Waals surface area contributed by atoms with E-state index in [1.807, 2.05) is 18.2 Å². The van der Waals surface area contributed by atoms with Gasteiger partial charge in [0.05, 0.1) is 5.02 Å². The lowest BCUT2D eigenvalue weighted by Crippen LogP contribution is -2.21. The third kappa shape index (κ3) is 3.86. The molecule has 0 spiro atoms. The molecule has 5 nitrogen and oxygen atoms in total. The Hall–Kier alpha value is -2.11. The van der Waals surface area contributed by atoms with Crippen molar-refractivity contribution in [2.45, 2.75) is 19.3 Å². The number of pyridine rings is 1. The van der Waals surface area contributed by atoms with Crippen LogP contribution in [-0.4, -0.2) is 23.5 Å². The Labute approximate surface area is 148 Å².